The van der Waals surface area contributed by atoms with Crippen LogP contribution in [-0.2, 0) is 9.47 Å². The third-order valence-electron chi connectivity index (χ3n) is 4.40. The molecule has 2 nitrogen and oxygen atoms in total. The van der Waals surface area contributed by atoms with Gasteiger partial charge < -0.3 is 9.47 Å². The van der Waals surface area contributed by atoms with Gasteiger partial charge in [-0.1, -0.05) is 37.1 Å². The lowest BCUT2D eigenvalue weighted by atomic mass is 9.71. The van der Waals surface area contributed by atoms with Gasteiger partial charge in [-0.15, -0.1) is 0 Å². The van der Waals surface area contributed by atoms with Crippen LogP contribution in [0.2, 0.25) is 0 Å². The lowest BCUT2D eigenvalue weighted by Crippen LogP contribution is -2.24. The lowest BCUT2D eigenvalue weighted by Gasteiger charge is -2.34. The fraction of sp³-hybridized carbons (Fsp3) is 0.765. The zero-order valence-electron chi connectivity index (χ0n) is 12.7. The van der Waals surface area contributed by atoms with Gasteiger partial charge in [0.05, 0.1) is 13.2 Å². The summed E-state index contributed by atoms with van der Waals surface area (Å²) in [5.41, 5.74) is 3.62. The number of allylic oxidation sites excluding steroid dienone is 3. The molecule has 1 fully saturated rings. The van der Waals surface area contributed by atoms with E-state index in [0.29, 0.717) is 5.41 Å². The smallest absolute Gasteiger partial charge is 0.160 e. The number of hydrogen-bond donors (Lipinski definition) is 0. The highest BCUT2D eigenvalue weighted by molar-refractivity contribution is 5.24. The van der Waals surface area contributed by atoms with Crippen molar-refractivity contribution < 1.29 is 9.47 Å². The van der Waals surface area contributed by atoms with Gasteiger partial charge in [0.25, 0.3) is 0 Å². The quantitative estimate of drug-likeness (QED) is 0.690. The first-order valence-corrected chi connectivity index (χ1v) is 7.67. The molecule has 0 saturated carbocycles. The van der Waals surface area contributed by atoms with Crippen molar-refractivity contribution in [3.8, 4) is 0 Å². The van der Waals surface area contributed by atoms with Gasteiger partial charge in [-0.3, -0.25) is 0 Å². The molecule has 108 valence electrons. The molecule has 0 aromatic carbocycles. The molecule has 19 heavy (non-hydrogen) atoms. The highest BCUT2D eigenvalue weighted by atomic mass is 16.7. The fourth-order valence-corrected chi connectivity index (χ4v) is 3.21. The predicted molar refractivity (Wildman–Crippen MR) is 79.0 cm³/mol. The van der Waals surface area contributed by atoms with Gasteiger partial charge >= 0.3 is 0 Å². The molecule has 1 heterocycles. The lowest BCUT2D eigenvalue weighted by molar-refractivity contribution is -0.175. The van der Waals surface area contributed by atoms with Crippen LogP contribution in [0.5, 0.6) is 0 Å². The van der Waals surface area contributed by atoms with E-state index < -0.39 is 0 Å². The molecule has 0 spiro atoms. The van der Waals surface area contributed by atoms with Crippen molar-refractivity contribution in [3.05, 3.63) is 23.3 Å². The zero-order chi connectivity index (χ0) is 13.7. The second-order valence-electron chi connectivity index (χ2n) is 6.43. The van der Waals surface area contributed by atoms with Crippen molar-refractivity contribution in [2.24, 2.45) is 5.41 Å². The second kappa shape index (κ2) is 6.71. The molecule has 0 aromatic rings. The van der Waals surface area contributed by atoms with E-state index in [2.05, 4.69) is 32.9 Å². The molecular weight excluding hydrogens is 236 g/mol. The molecule has 0 radical (unpaired) electrons. The Balaban J connectivity index is 1.83. The van der Waals surface area contributed by atoms with Crippen LogP contribution in [0, 0.1) is 5.41 Å². The van der Waals surface area contributed by atoms with E-state index in [-0.39, 0.29) is 6.29 Å². The van der Waals surface area contributed by atoms with Gasteiger partial charge in [0, 0.05) is 6.42 Å². The summed E-state index contributed by atoms with van der Waals surface area (Å²) < 4.78 is 11.1. The maximum Gasteiger partial charge on any atom is 0.160 e. The van der Waals surface area contributed by atoms with Crippen LogP contribution in [0.3, 0.4) is 0 Å². The fourth-order valence-electron chi connectivity index (χ4n) is 3.21. The Morgan fingerprint density at radius 3 is 2.58 bits per heavy atom. The summed E-state index contributed by atoms with van der Waals surface area (Å²) in [4.78, 5) is 0. The normalized spacial score (nSPS) is 25.2. The van der Waals surface area contributed by atoms with E-state index in [9.17, 15) is 0 Å². The molecule has 0 N–H and O–H groups in total. The van der Waals surface area contributed by atoms with Gasteiger partial charge in [-0.25, -0.2) is 0 Å². The van der Waals surface area contributed by atoms with Crippen LogP contribution in [0.4, 0.5) is 0 Å². The van der Waals surface area contributed by atoms with Crippen LogP contribution in [-0.4, -0.2) is 19.5 Å². The summed E-state index contributed by atoms with van der Waals surface area (Å²) in [6.45, 7) is 8.75. The van der Waals surface area contributed by atoms with Crippen molar-refractivity contribution in [1.82, 2.24) is 0 Å². The average Bonchev–Trinajstić information content (AvgIpc) is 2.38. The highest BCUT2D eigenvalue weighted by Gasteiger charge is 2.27. The van der Waals surface area contributed by atoms with Crippen LogP contribution in [0.15, 0.2) is 23.3 Å². The molecule has 0 bridgehead atoms. The minimum absolute atomic E-state index is 0.0144. The molecule has 2 rings (SSSR count). The Morgan fingerprint density at radius 1 is 1.16 bits per heavy atom. The zero-order valence-corrected chi connectivity index (χ0v) is 12.7. The van der Waals surface area contributed by atoms with Gasteiger partial charge in [0.1, 0.15) is 0 Å². The monoisotopic (exact) mass is 264 g/mol. The molecule has 1 saturated heterocycles. The molecule has 0 amide bonds. The molecule has 2 heteroatoms. The Morgan fingerprint density at radius 2 is 1.89 bits per heavy atom. The molecule has 0 atom stereocenters. The van der Waals surface area contributed by atoms with Crippen molar-refractivity contribution in [1.29, 1.82) is 0 Å². The van der Waals surface area contributed by atoms with Gasteiger partial charge in [-0.2, -0.15) is 0 Å². The molecule has 1 aliphatic carbocycles. The third kappa shape index (κ3) is 4.19. The summed E-state index contributed by atoms with van der Waals surface area (Å²) in [6, 6.07) is 0. The molecular formula is C17H28O2. The first kappa shape index (κ1) is 14.8. The van der Waals surface area contributed by atoms with Crippen LogP contribution in [0.1, 0.15) is 59.3 Å². The van der Waals surface area contributed by atoms with Gasteiger partial charge in [0.2, 0.25) is 0 Å². The van der Waals surface area contributed by atoms with E-state index in [1.807, 2.05) is 0 Å². The van der Waals surface area contributed by atoms with Gasteiger partial charge in [-0.05, 0) is 44.4 Å². The summed E-state index contributed by atoms with van der Waals surface area (Å²) in [5, 5.41) is 0. The summed E-state index contributed by atoms with van der Waals surface area (Å²) in [5.74, 6) is 0. The summed E-state index contributed by atoms with van der Waals surface area (Å²) >= 11 is 0. The van der Waals surface area contributed by atoms with Gasteiger partial charge in [0.15, 0.2) is 6.29 Å². The SMILES string of the molecule is CC1=C(CC=CCC2OCCCO2)C(C)(C)CCC1. The van der Waals surface area contributed by atoms with Crippen molar-refractivity contribution in [2.45, 2.75) is 65.6 Å². The predicted octanol–water partition coefficient (Wildman–Crippen LogP) is 4.61. The first-order valence-electron chi connectivity index (χ1n) is 7.67. The standard InChI is InChI=1S/C17H28O2/c1-14-8-6-11-17(2,3)15(14)9-4-5-10-16-18-12-7-13-19-16/h4-5,16H,6-13H2,1-3H3. The summed E-state index contributed by atoms with van der Waals surface area (Å²) in [7, 11) is 0. The van der Waals surface area contributed by atoms with E-state index in [1.54, 1.807) is 11.1 Å². The maximum absolute atomic E-state index is 5.55. The van der Waals surface area contributed by atoms with Crippen LogP contribution >= 0.6 is 0 Å². The van der Waals surface area contributed by atoms with E-state index >= 15 is 0 Å². The Hall–Kier alpha value is -0.600. The maximum atomic E-state index is 5.55. The Bertz CT molecular complexity index is 346. The first-order chi connectivity index (χ1) is 9.09. The third-order valence-corrected chi connectivity index (χ3v) is 4.40. The van der Waals surface area contributed by atoms with Crippen molar-refractivity contribution >= 4 is 0 Å². The molecule has 1 aliphatic heterocycles. The highest BCUT2D eigenvalue weighted by Crippen LogP contribution is 2.41. The van der Waals surface area contributed by atoms with E-state index in [0.717, 1.165) is 32.5 Å². The number of rotatable bonds is 4. The molecule has 2 aliphatic rings. The second-order valence-corrected chi connectivity index (χ2v) is 6.43. The van der Waals surface area contributed by atoms with Crippen molar-refractivity contribution in [3.63, 3.8) is 0 Å². The van der Waals surface area contributed by atoms with E-state index in [1.165, 1.54) is 19.3 Å². The topological polar surface area (TPSA) is 18.5 Å². The molecule has 0 aromatic heterocycles. The number of hydrogen-bond acceptors (Lipinski definition) is 2. The van der Waals surface area contributed by atoms with Crippen LogP contribution < -0.4 is 0 Å². The van der Waals surface area contributed by atoms with E-state index in [4.69, 9.17) is 9.47 Å². The molecule has 0 unspecified atom stereocenters. The van der Waals surface area contributed by atoms with Crippen molar-refractivity contribution in [2.75, 3.05) is 13.2 Å². The minimum atomic E-state index is -0.0144. The minimum Gasteiger partial charge on any atom is -0.352 e. The summed E-state index contributed by atoms with van der Waals surface area (Å²) in [6.07, 6.45) is 11.5. The average molecular weight is 264 g/mol. The number of ether oxygens (including phenoxy) is 2. The Kier molecular flexibility index (Phi) is 5.23. The Labute approximate surface area is 117 Å². The van der Waals surface area contributed by atoms with Crippen LogP contribution in [0.25, 0.3) is 0 Å². The largest absolute Gasteiger partial charge is 0.352 e.